The van der Waals surface area contributed by atoms with Crippen LogP contribution in [0.2, 0.25) is 5.02 Å². The van der Waals surface area contributed by atoms with Crippen LogP contribution in [0.5, 0.6) is 23.0 Å². The molecule has 27 heavy (non-hydrogen) atoms. The summed E-state index contributed by atoms with van der Waals surface area (Å²) in [7, 11) is 6.19. The molecule has 0 aliphatic carbocycles. The third kappa shape index (κ3) is 5.31. The molecule has 7 heteroatoms. The summed E-state index contributed by atoms with van der Waals surface area (Å²) in [6, 6.07) is 8.85. The van der Waals surface area contributed by atoms with Gasteiger partial charge in [-0.1, -0.05) is 11.6 Å². The number of benzene rings is 2. The fourth-order valence-corrected chi connectivity index (χ4v) is 2.74. The van der Waals surface area contributed by atoms with E-state index in [-0.39, 0.29) is 5.91 Å². The van der Waals surface area contributed by atoms with Crippen LogP contribution in [-0.2, 0) is 11.3 Å². The number of carbonyl (C=O) groups is 1. The Hall–Kier alpha value is -2.86. The second-order valence-electron chi connectivity index (χ2n) is 5.47. The van der Waals surface area contributed by atoms with Crippen LogP contribution in [0.3, 0.4) is 0 Å². The molecule has 0 aliphatic heterocycles. The molecule has 0 aliphatic rings. The summed E-state index contributed by atoms with van der Waals surface area (Å²) in [6.07, 6.45) is 3.07. The standard InChI is InChI=1S/C20H22ClNO5/c1-24-15-7-6-14(17(11-15)25-2)12-22-19(23)8-5-13-9-16(21)20(27-4)18(10-13)26-3/h5-11H,12H2,1-4H3,(H,22,23)/b8-5+. The zero-order chi connectivity index (χ0) is 19.8. The molecule has 0 bridgehead atoms. The predicted molar refractivity (Wildman–Crippen MR) is 105 cm³/mol. The summed E-state index contributed by atoms with van der Waals surface area (Å²) in [6.45, 7) is 0.322. The molecular weight excluding hydrogens is 370 g/mol. The number of carbonyl (C=O) groups excluding carboxylic acids is 1. The normalized spacial score (nSPS) is 10.6. The summed E-state index contributed by atoms with van der Waals surface area (Å²) in [4.78, 5) is 12.1. The Morgan fingerprint density at radius 1 is 1.00 bits per heavy atom. The molecule has 0 radical (unpaired) electrons. The monoisotopic (exact) mass is 391 g/mol. The van der Waals surface area contributed by atoms with E-state index < -0.39 is 0 Å². The van der Waals surface area contributed by atoms with E-state index in [4.69, 9.17) is 30.5 Å². The van der Waals surface area contributed by atoms with Gasteiger partial charge in [0.25, 0.3) is 0 Å². The number of nitrogens with one attached hydrogen (secondary N) is 1. The first kappa shape index (κ1) is 20.5. The molecule has 0 spiro atoms. The molecule has 0 saturated carbocycles. The smallest absolute Gasteiger partial charge is 0.244 e. The van der Waals surface area contributed by atoms with Gasteiger partial charge in [-0.2, -0.15) is 0 Å². The molecule has 0 fully saturated rings. The quantitative estimate of drug-likeness (QED) is 0.695. The van der Waals surface area contributed by atoms with Crippen molar-refractivity contribution in [2.75, 3.05) is 28.4 Å². The third-order valence-corrected chi connectivity index (χ3v) is 4.11. The Morgan fingerprint density at radius 3 is 2.37 bits per heavy atom. The van der Waals surface area contributed by atoms with Gasteiger partial charge in [-0.3, -0.25) is 4.79 Å². The van der Waals surface area contributed by atoms with Crippen LogP contribution in [0.1, 0.15) is 11.1 Å². The molecule has 2 aromatic rings. The van der Waals surface area contributed by atoms with Gasteiger partial charge in [0.05, 0.1) is 33.5 Å². The molecule has 1 amide bonds. The highest BCUT2D eigenvalue weighted by molar-refractivity contribution is 6.32. The molecule has 1 N–H and O–H groups in total. The van der Waals surface area contributed by atoms with E-state index in [2.05, 4.69) is 5.32 Å². The van der Waals surface area contributed by atoms with Gasteiger partial charge in [0, 0.05) is 24.3 Å². The van der Waals surface area contributed by atoms with Crippen molar-refractivity contribution in [1.29, 1.82) is 0 Å². The highest BCUT2D eigenvalue weighted by Gasteiger charge is 2.10. The van der Waals surface area contributed by atoms with E-state index in [1.165, 1.54) is 20.3 Å². The van der Waals surface area contributed by atoms with Crippen LogP contribution < -0.4 is 24.3 Å². The molecule has 0 heterocycles. The summed E-state index contributed by atoms with van der Waals surface area (Å²) < 4.78 is 20.9. The highest BCUT2D eigenvalue weighted by Crippen LogP contribution is 2.36. The minimum Gasteiger partial charge on any atom is -0.497 e. The van der Waals surface area contributed by atoms with Crippen molar-refractivity contribution in [2.24, 2.45) is 0 Å². The van der Waals surface area contributed by atoms with E-state index in [1.807, 2.05) is 12.1 Å². The zero-order valence-electron chi connectivity index (χ0n) is 15.7. The maximum Gasteiger partial charge on any atom is 0.244 e. The van der Waals surface area contributed by atoms with Crippen molar-refractivity contribution < 1.29 is 23.7 Å². The number of ether oxygens (including phenoxy) is 4. The van der Waals surface area contributed by atoms with Crippen LogP contribution in [0.4, 0.5) is 0 Å². The van der Waals surface area contributed by atoms with Crippen LogP contribution in [0.25, 0.3) is 6.08 Å². The van der Waals surface area contributed by atoms with E-state index in [1.54, 1.807) is 38.5 Å². The Labute approximate surface area is 163 Å². The topological polar surface area (TPSA) is 66.0 Å². The maximum absolute atomic E-state index is 12.1. The van der Waals surface area contributed by atoms with Crippen LogP contribution in [0, 0.1) is 0 Å². The molecule has 2 aromatic carbocycles. The molecule has 144 valence electrons. The first-order chi connectivity index (χ1) is 13.0. The number of methoxy groups -OCH3 is 4. The summed E-state index contributed by atoms with van der Waals surface area (Å²) >= 11 is 6.16. The molecule has 0 unspecified atom stereocenters. The van der Waals surface area contributed by atoms with E-state index in [0.717, 1.165) is 11.1 Å². The number of amides is 1. The predicted octanol–water partition coefficient (Wildman–Crippen LogP) is 3.70. The fourth-order valence-electron chi connectivity index (χ4n) is 2.45. The van der Waals surface area contributed by atoms with Crippen LogP contribution >= 0.6 is 11.6 Å². The lowest BCUT2D eigenvalue weighted by atomic mass is 10.1. The lowest BCUT2D eigenvalue weighted by molar-refractivity contribution is -0.116. The van der Waals surface area contributed by atoms with Gasteiger partial charge in [0.15, 0.2) is 11.5 Å². The van der Waals surface area contributed by atoms with Gasteiger partial charge < -0.3 is 24.3 Å². The van der Waals surface area contributed by atoms with Crippen molar-refractivity contribution in [3.63, 3.8) is 0 Å². The Bertz CT molecular complexity index is 835. The number of rotatable bonds is 8. The van der Waals surface area contributed by atoms with E-state index >= 15 is 0 Å². The van der Waals surface area contributed by atoms with Crippen LogP contribution in [0.15, 0.2) is 36.4 Å². The molecule has 0 atom stereocenters. The minimum atomic E-state index is -0.251. The minimum absolute atomic E-state index is 0.251. The SMILES string of the molecule is COc1ccc(CNC(=O)/C=C/c2cc(Cl)c(OC)c(OC)c2)c(OC)c1. The van der Waals surface area contributed by atoms with E-state index in [0.29, 0.717) is 34.6 Å². The molecule has 2 rings (SSSR count). The van der Waals surface area contributed by atoms with Gasteiger partial charge in [-0.15, -0.1) is 0 Å². The lowest BCUT2D eigenvalue weighted by Crippen LogP contribution is -2.20. The lowest BCUT2D eigenvalue weighted by Gasteiger charge is -2.11. The Balaban J connectivity index is 2.05. The Morgan fingerprint density at radius 2 is 1.74 bits per heavy atom. The zero-order valence-corrected chi connectivity index (χ0v) is 16.4. The number of halogens is 1. The van der Waals surface area contributed by atoms with Gasteiger partial charge in [0.2, 0.25) is 5.91 Å². The third-order valence-electron chi connectivity index (χ3n) is 3.83. The molecular formula is C20H22ClNO5. The van der Waals surface area contributed by atoms with Gasteiger partial charge in [0.1, 0.15) is 11.5 Å². The van der Waals surface area contributed by atoms with Crippen molar-refractivity contribution in [2.45, 2.75) is 6.54 Å². The van der Waals surface area contributed by atoms with Gasteiger partial charge in [-0.25, -0.2) is 0 Å². The maximum atomic E-state index is 12.1. The average molecular weight is 392 g/mol. The van der Waals surface area contributed by atoms with E-state index in [9.17, 15) is 4.79 Å². The summed E-state index contributed by atoms with van der Waals surface area (Å²) in [5, 5.41) is 3.21. The summed E-state index contributed by atoms with van der Waals surface area (Å²) in [5.41, 5.74) is 1.56. The Kier molecular flexibility index (Phi) is 7.37. The largest absolute Gasteiger partial charge is 0.497 e. The number of hydrogen-bond donors (Lipinski definition) is 1. The number of hydrogen-bond acceptors (Lipinski definition) is 5. The fraction of sp³-hybridized carbons (Fsp3) is 0.250. The summed E-state index contributed by atoms with van der Waals surface area (Å²) in [5.74, 6) is 2.02. The average Bonchev–Trinajstić information content (AvgIpc) is 2.69. The van der Waals surface area contributed by atoms with Gasteiger partial charge >= 0.3 is 0 Å². The molecule has 6 nitrogen and oxygen atoms in total. The molecule has 0 saturated heterocycles. The first-order valence-corrected chi connectivity index (χ1v) is 8.48. The van der Waals surface area contributed by atoms with Crippen molar-refractivity contribution in [3.8, 4) is 23.0 Å². The van der Waals surface area contributed by atoms with Crippen molar-refractivity contribution in [1.82, 2.24) is 5.32 Å². The van der Waals surface area contributed by atoms with Crippen LogP contribution in [-0.4, -0.2) is 34.3 Å². The highest BCUT2D eigenvalue weighted by atomic mass is 35.5. The van der Waals surface area contributed by atoms with Gasteiger partial charge in [-0.05, 0) is 35.9 Å². The molecule has 0 aromatic heterocycles. The second kappa shape index (κ2) is 9.73. The second-order valence-corrected chi connectivity index (χ2v) is 5.87. The van der Waals surface area contributed by atoms with Crippen molar-refractivity contribution >= 4 is 23.6 Å². The first-order valence-electron chi connectivity index (χ1n) is 8.10. The van der Waals surface area contributed by atoms with Crippen molar-refractivity contribution in [3.05, 3.63) is 52.6 Å².